The molecule has 2 aromatic rings. The Morgan fingerprint density at radius 1 is 1.62 bits per heavy atom. The zero-order chi connectivity index (χ0) is 11.9. The molecule has 3 N–H and O–H groups in total. The smallest absolute Gasteiger partial charge is 0.348 e. The minimum absolute atomic E-state index is 0.176. The summed E-state index contributed by atoms with van der Waals surface area (Å²) in [6, 6.07) is 1.92. The number of aromatic carboxylic acids is 1. The standard InChI is InChI=1S/C11H12N2O2S/c1-3-7-5(2)4-6-8(12)9(11(14)15)16-10(6)13-7/h4H,3,12H2,1-2H3,(H,14,15). The van der Waals surface area contributed by atoms with Crippen molar-refractivity contribution in [1.82, 2.24) is 4.98 Å². The van der Waals surface area contributed by atoms with E-state index in [1.807, 2.05) is 19.9 Å². The Kier molecular flexibility index (Phi) is 2.55. The van der Waals surface area contributed by atoms with Gasteiger partial charge in [-0.3, -0.25) is 0 Å². The number of hydrogen-bond acceptors (Lipinski definition) is 4. The number of pyridine rings is 1. The summed E-state index contributed by atoms with van der Waals surface area (Å²) in [5, 5.41) is 9.71. The number of nitrogens with zero attached hydrogens (tertiary/aromatic N) is 1. The highest BCUT2D eigenvalue weighted by Gasteiger charge is 2.17. The van der Waals surface area contributed by atoms with Crippen LogP contribution in [0.15, 0.2) is 6.07 Å². The van der Waals surface area contributed by atoms with Gasteiger partial charge in [-0.2, -0.15) is 0 Å². The predicted molar refractivity (Wildman–Crippen MR) is 65.1 cm³/mol. The summed E-state index contributed by atoms with van der Waals surface area (Å²) in [5.41, 5.74) is 8.16. The van der Waals surface area contributed by atoms with Crippen LogP contribution in [0.5, 0.6) is 0 Å². The first-order valence-electron chi connectivity index (χ1n) is 4.96. The van der Waals surface area contributed by atoms with Crippen LogP contribution in [0.3, 0.4) is 0 Å². The lowest BCUT2D eigenvalue weighted by atomic mass is 10.1. The molecule has 2 rings (SSSR count). The average Bonchev–Trinajstić information content (AvgIpc) is 2.55. The van der Waals surface area contributed by atoms with Crippen molar-refractivity contribution in [1.29, 1.82) is 0 Å². The molecule has 16 heavy (non-hydrogen) atoms. The summed E-state index contributed by atoms with van der Waals surface area (Å²) >= 11 is 1.13. The number of carbonyl (C=O) groups is 1. The topological polar surface area (TPSA) is 76.2 Å². The molecule has 2 aromatic heterocycles. The number of aromatic nitrogens is 1. The lowest BCUT2D eigenvalue weighted by molar-refractivity contribution is 0.0703. The zero-order valence-electron chi connectivity index (χ0n) is 9.07. The van der Waals surface area contributed by atoms with Crippen molar-refractivity contribution in [3.05, 3.63) is 22.2 Å². The highest BCUT2D eigenvalue weighted by Crippen LogP contribution is 2.33. The van der Waals surface area contributed by atoms with E-state index in [1.165, 1.54) is 0 Å². The van der Waals surface area contributed by atoms with Gasteiger partial charge in [0.2, 0.25) is 0 Å². The lowest BCUT2D eigenvalue weighted by Gasteiger charge is -2.01. The van der Waals surface area contributed by atoms with Crippen molar-refractivity contribution in [3.63, 3.8) is 0 Å². The molecule has 0 fully saturated rings. The SMILES string of the molecule is CCc1nc2sc(C(=O)O)c(N)c2cc1C. The van der Waals surface area contributed by atoms with Gasteiger partial charge in [-0.05, 0) is 25.0 Å². The molecule has 0 spiro atoms. The summed E-state index contributed by atoms with van der Waals surface area (Å²) in [5.74, 6) is -0.990. The Morgan fingerprint density at radius 2 is 2.31 bits per heavy atom. The Hall–Kier alpha value is -1.62. The maximum Gasteiger partial charge on any atom is 0.348 e. The molecule has 0 aliphatic rings. The minimum Gasteiger partial charge on any atom is -0.477 e. The fourth-order valence-electron chi connectivity index (χ4n) is 1.69. The van der Waals surface area contributed by atoms with Gasteiger partial charge in [0.05, 0.1) is 5.69 Å². The maximum absolute atomic E-state index is 10.9. The van der Waals surface area contributed by atoms with Crippen LogP contribution in [-0.2, 0) is 6.42 Å². The van der Waals surface area contributed by atoms with Crippen molar-refractivity contribution in [2.24, 2.45) is 0 Å². The lowest BCUT2D eigenvalue weighted by Crippen LogP contribution is -1.97. The van der Waals surface area contributed by atoms with Crippen LogP contribution in [0.4, 0.5) is 5.69 Å². The third-order valence-electron chi connectivity index (χ3n) is 2.55. The quantitative estimate of drug-likeness (QED) is 0.839. The molecule has 0 aliphatic heterocycles. The summed E-state index contributed by atoms with van der Waals surface area (Å²) in [6.07, 6.45) is 0.835. The second-order valence-electron chi connectivity index (χ2n) is 3.61. The van der Waals surface area contributed by atoms with Gasteiger partial charge in [0.15, 0.2) is 0 Å². The Bertz CT molecular complexity index is 575. The molecule has 2 heterocycles. The number of rotatable bonds is 2. The van der Waals surface area contributed by atoms with Gasteiger partial charge < -0.3 is 10.8 Å². The van der Waals surface area contributed by atoms with Crippen molar-refractivity contribution < 1.29 is 9.90 Å². The number of aryl methyl sites for hydroxylation is 2. The number of nitrogen functional groups attached to an aromatic ring is 1. The van der Waals surface area contributed by atoms with E-state index in [2.05, 4.69) is 4.98 Å². The van der Waals surface area contributed by atoms with Crippen molar-refractivity contribution in [3.8, 4) is 0 Å². The van der Waals surface area contributed by atoms with Gasteiger partial charge in [-0.1, -0.05) is 6.92 Å². The Labute approximate surface area is 96.7 Å². The van der Waals surface area contributed by atoms with E-state index in [4.69, 9.17) is 10.8 Å². The van der Waals surface area contributed by atoms with E-state index >= 15 is 0 Å². The Morgan fingerprint density at radius 3 is 2.88 bits per heavy atom. The largest absolute Gasteiger partial charge is 0.477 e. The van der Waals surface area contributed by atoms with Gasteiger partial charge in [-0.15, -0.1) is 11.3 Å². The number of fused-ring (bicyclic) bond motifs is 1. The Balaban J connectivity index is 2.77. The molecule has 0 aliphatic carbocycles. The fourth-order valence-corrected chi connectivity index (χ4v) is 2.63. The number of hydrogen-bond donors (Lipinski definition) is 2. The first kappa shape index (κ1) is 10.9. The zero-order valence-corrected chi connectivity index (χ0v) is 9.89. The number of nitrogens with two attached hydrogens (primary N) is 1. The second kappa shape index (κ2) is 3.75. The van der Waals surface area contributed by atoms with Crippen LogP contribution in [0, 0.1) is 6.92 Å². The van der Waals surface area contributed by atoms with E-state index in [-0.39, 0.29) is 4.88 Å². The molecular weight excluding hydrogens is 224 g/mol. The second-order valence-corrected chi connectivity index (χ2v) is 4.61. The van der Waals surface area contributed by atoms with Crippen molar-refractivity contribution in [2.75, 3.05) is 5.73 Å². The van der Waals surface area contributed by atoms with E-state index < -0.39 is 5.97 Å². The minimum atomic E-state index is -0.990. The number of anilines is 1. The van der Waals surface area contributed by atoms with Crippen molar-refractivity contribution in [2.45, 2.75) is 20.3 Å². The number of carboxylic acid groups (broad SMARTS) is 1. The summed E-state index contributed by atoms with van der Waals surface area (Å²) < 4.78 is 0. The molecule has 4 nitrogen and oxygen atoms in total. The molecule has 0 saturated heterocycles. The molecular formula is C11H12N2O2S. The van der Waals surface area contributed by atoms with E-state index in [0.717, 1.165) is 34.4 Å². The normalized spacial score (nSPS) is 10.9. The van der Waals surface area contributed by atoms with Gasteiger partial charge in [0.1, 0.15) is 9.71 Å². The van der Waals surface area contributed by atoms with E-state index in [1.54, 1.807) is 0 Å². The van der Waals surface area contributed by atoms with Crippen LogP contribution in [-0.4, -0.2) is 16.1 Å². The summed E-state index contributed by atoms with van der Waals surface area (Å²) in [7, 11) is 0. The van der Waals surface area contributed by atoms with E-state index in [9.17, 15) is 4.79 Å². The summed E-state index contributed by atoms with van der Waals surface area (Å²) in [6.45, 7) is 3.99. The van der Waals surface area contributed by atoms with Gasteiger partial charge in [0, 0.05) is 11.1 Å². The molecule has 0 saturated carbocycles. The van der Waals surface area contributed by atoms with Gasteiger partial charge in [0.25, 0.3) is 0 Å². The van der Waals surface area contributed by atoms with Crippen LogP contribution in [0.2, 0.25) is 0 Å². The molecule has 0 unspecified atom stereocenters. The van der Waals surface area contributed by atoms with Crippen LogP contribution in [0.1, 0.15) is 27.9 Å². The molecule has 5 heteroatoms. The van der Waals surface area contributed by atoms with E-state index in [0.29, 0.717) is 10.5 Å². The van der Waals surface area contributed by atoms with Gasteiger partial charge >= 0.3 is 5.97 Å². The molecule has 0 aromatic carbocycles. The number of carboxylic acids is 1. The molecule has 84 valence electrons. The van der Waals surface area contributed by atoms with Crippen LogP contribution in [0.25, 0.3) is 10.2 Å². The highest BCUT2D eigenvalue weighted by atomic mass is 32.1. The van der Waals surface area contributed by atoms with Gasteiger partial charge in [-0.25, -0.2) is 9.78 Å². The first-order valence-corrected chi connectivity index (χ1v) is 5.78. The van der Waals surface area contributed by atoms with Crippen molar-refractivity contribution >= 4 is 33.2 Å². The molecule has 0 radical (unpaired) electrons. The number of thiophene rings is 1. The molecule has 0 atom stereocenters. The third-order valence-corrected chi connectivity index (χ3v) is 3.65. The monoisotopic (exact) mass is 236 g/mol. The molecule has 0 bridgehead atoms. The predicted octanol–water partition coefficient (Wildman–Crippen LogP) is 2.45. The average molecular weight is 236 g/mol. The highest BCUT2D eigenvalue weighted by molar-refractivity contribution is 7.21. The first-order chi connectivity index (χ1) is 7.54. The maximum atomic E-state index is 10.9. The summed E-state index contributed by atoms with van der Waals surface area (Å²) in [4.78, 5) is 16.2. The van der Waals surface area contributed by atoms with Crippen LogP contribution < -0.4 is 5.73 Å². The van der Waals surface area contributed by atoms with Crippen LogP contribution >= 0.6 is 11.3 Å². The fraction of sp³-hybridized carbons (Fsp3) is 0.273. The third kappa shape index (κ3) is 1.53. The molecule has 0 amide bonds.